The number of rotatable bonds is 6. The molecule has 0 amide bonds. The molecule has 1 aromatic heterocycles. The quantitative estimate of drug-likeness (QED) is 0.162. The second-order valence-electron chi connectivity index (χ2n) is 19.2. The molecule has 1 aliphatic carbocycles. The van der Waals surface area contributed by atoms with Gasteiger partial charge in [0, 0.05) is 37.9 Å². The summed E-state index contributed by atoms with van der Waals surface area (Å²) in [6.07, 6.45) is 10.3. The highest BCUT2D eigenvalue weighted by atomic mass is 32.2. The second kappa shape index (κ2) is 18.7. The van der Waals surface area contributed by atoms with Crippen molar-refractivity contribution in [1.82, 2.24) is 4.57 Å². The molecular formula is C66H56N2S. The minimum Gasteiger partial charge on any atom is -0.309 e. The molecule has 336 valence electrons. The number of hydrogen-bond donors (Lipinski definition) is 0. The normalized spacial score (nSPS) is 19.1. The molecule has 0 N–H and O–H groups in total. The molecule has 3 heteroatoms. The minimum absolute atomic E-state index is 0.361. The van der Waals surface area contributed by atoms with Crippen LogP contribution in [0.5, 0.6) is 0 Å². The van der Waals surface area contributed by atoms with Crippen LogP contribution in [0.3, 0.4) is 0 Å². The van der Waals surface area contributed by atoms with Crippen molar-refractivity contribution in [2.75, 3.05) is 0 Å². The number of fused-ring (bicyclic) bond motifs is 7. The van der Waals surface area contributed by atoms with E-state index in [4.69, 9.17) is 4.99 Å². The fourth-order valence-electron chi connectivity index (χ4n) is 11.4. The highest BCUT2D eigenvalue weighted by Crippen LogP contribution is 2.47. The maximum atomic E-state index is 5.36. The van der Waals surface area contributed by atoms with Gasteiger partial charge in [-0.3, -0.25) is 4.99 Å². The van der Waals surface area contributed by atoms with Crippen LogP contribution in [-0.4, -0.2) is 10.3 Å². The van der Waals surface area contributed by atoms with Gasteiger partial charge in [0.25, 0.3) is 0 Å². The van der Waals surface area contributed by atoms with Crippen LogP contribution >= 0.6 is 11.8 Å². The van der Waals surface area contributed by atoms with Crippen molar-refractivity contribution in [3.05, 3.63) is 256 Å². The summed E-state index contributed by atoms with van der Waals surface area (Å²) in [6.45, 7) is 4.71. The van der Waals surface area contributed by atoms with Gasteiger partial charge in [0.05, 0.1) is 16.7 Å². The van der Waals surface area contributed by atoms with Crippen LogP contribution in [0.25, 0.3) is 54.8 Å². The number of para-hydroxylation sites is 1. The molecule has 3 aliphatic rings. The highest BCUT2D eigenvalue weighted by Gasteiger charge is 2.26. The largest absolute Gasteiger partial charge is 0.309 e. The first kappa shape index (κ1) is 43.1. The number of thioether (sulfide) groups is 1. The van der Waals surface area contributed by atoms with Gasteiger partial charge < -0.3 is 4.57 Å². The van der Waals surface area contributed by atoms with Crippen LogP contribution in [-0.2, 0) is 12.8 Å². The van der Waals surface area contributed by atoms with E-state index >= 15 is 0 Å². The Morgan fingerprint density at radius 3 is 2.06 bits per heavy atom. The molecule has 1 unspecified atom stereocenters. The average Bonchev–Trinajstić information content (AvgIpc) is 3.50. The van der Waals surface area contributed by atoms with E-state index in [1.165, 1.54) is 110 Å². The highest BCUT2D eigenvalue weighted by molar-refractivity contribution is 8.08. The van der Waals surface area contributed by atoms with Crippen molar-refractivity contribution in [3.8, 4) is 16.8 Å². The molecule has 8 aromatic carbocycles. The lowest BCUT2D eigenvalue weighted by Crippen LogP contribution is -2.04. The van der Waals surface area contributed by atoms with Crippen LogP contribution < -0.4 is 0 Å². The van der Waals surface area contributed by atoms with E-state index < -0.39 is 0 Å². The summed E-state index contributed by atoms with van der Waals surface area (Å²) >= 11 is 1.97. The molecular weight excluding hydrogens is 853 g/mol. The predicted octanol–water partition coefficient (Wildman–Crippen LogP) is 17.9. The Kier molecular flexibility index (Phi) is 11.7. The lowest BCUT2D eigenvalue weighted by Gasteiger charge is -2.18. The smallest absolute Gasteiger partial charge is 0.0665 e. The van der Waals surface area contributed by atoms with E-state index in [0.29, 0.717) is 5.92 Å². The molecule has 0 saturated heterocycles. The van der Waals surface area contributed by atoms with E-state index in [2.05, 4.69) is 219 Å². The summed E-state index contributed by atoms with van der Waals surface area (Å²) in [4.78, 5) is 8.11. The Balaban J connectivity index is 0.895. The second-order valence-corrected chi connectivity index (χ2v) is 20.3. The topological polar surface area (TPSA) is 17.3 Å². The van der Waals surface area contributed by atoms with Gasteiger partial charge in [0.2, 0.25) is 0 Å². The number of nitrogens with zero attached hydrogens (tertiary/aromatic N) is 2. The molecule has 2 aliphatic heterocycles. The molecule has 1 atom stereocenters. The molecule has 0 fully saturated rings. The zero-order valence-electron chi connectivity index (χ0n) is 39.6. The van der Waals surface area contributed by atoms with E-state index in [1.807, 2.05) is 11.8 Å². The first-order valence-corrected chi connectivity index (χ1v) is 25.7. The van der Waals surface area contributed by atoms with E-state index in [9.17, 15) is 0 Å². The van der Waals surface area contributed by atoms with Crippen molar-refractivity contribution < 1.29 is 0 Å². The van der Waals surface area contributed by atoms with Crippen LogP contribution in [0.4, 0.5) is 0 Å². The van der Waals surface area contributed by atoms with E-state index in [1.54, 1.807) is 0 Å². The maximum Gasteiger partial charge on any atom is 0.0665 e. The summed E-state index contributed by atoms with van der Waals surface area (Å²) in [7, 11) is 0. The van der Waals surface area contributed by atoms with Crippen LogP contribution in [0.15, 0.2) is 221 Å². The third-order valence-corrected chi connectivity index (χ3v) is 16.4. The molecule has 69 heavy (non-hydrogen) atoms. The number of aryl methyl sites for hydroxylation is 2. The van der Waals surface area contributed by atoms with E-state index in [0.717, 1.165) is 62.8 Å². The minimum atomic E-state index is 0.361. The van der Waals surface area contributed by atoms with Gasteiger partial charge in [0.1, 0.15) is 0 Å². The molecule has 9 aromatic rings. The summed E-state index contributed by atoms with van der Waals surface area (Å²) in [5.74, 6) is 0.361. The summed E-state index contributed by atoms with van der Waals surface area (Å²) in [5.41, 5.74) is 23.8. The third-order valence-electron chi connectivity index (χ3n) is 15.0. The van der Waals surface area contributed by atoms with Crippen molar-refractivity contribution in [1.29, 1.82) is 0 Å². The van der Waals surface area contributed by atoms with Gasteiger partial charge in [-0.05, 0) is 163 Å². The Morgan fingerprint density at radius 1 is 0.493 bits per heavy atom. The monoisotopic (exact) mass is 908 g/mol. The average molecular weight is 909 g/mol. The zero-order valence-corrected chi connectivity index (χ0v) is 40.4. The fraction of sp³-hybridized carbons (Fsp3) is 0.167. The SMILES string of the molecule is CC1=C(c2cccc(-n3c4ccccc4c4cc5c(cc43)CCC(c3ccccc3)c3ccccc3-5)c2)Sc2cc(/C3=C(\C)CC/C(c4ccccc4)=N\C(c4ccccc4)=C/CC3)ccc2CC1. The van der Waals surface area contributed by atoms with Gasteiger partial charge in [-0.25, -0.2) is 0 Å². The van der Waals surface area contributed by atoms with Gasteiger partial charge in [-0.15, -0.1) is 0 Å². The van der Waals surface area contributed by atoms with Crippen molar-refractivity contribution in [3.63, 3.8) is 0 Å². The van der Waals surface area contributed by atoms with Gasteiger partial charge >= 0.3 is 0 Å². The van der Waals surface area contributed by atoms with Gasteiger partial charge in [-0.2, -0.15) is 0 Å². The number of benzene rings is 8. The molecule has 12 rings (SSSR count). The van der Waals surface area contributed by atoms with Crippen LogP contribution in [0.2, 0.25) is 0 Å². The first-order chi connectivity index (χ1) is 34.0. The Morgan fingerprint density at radius 2 is 1.22 bits per heavy atom. The van der Waals surface area contributed by atoms with E-state index in [-0.39, 0.29) is 0 Å². The molecule has 0 spiro atoms. The standard InChI is InChI=1S/C66H56N2S/c1-44-33-39-62(48-22-10-5-11-23-48)67-61(47-20-8-4-9-21-47)30-17-29-54(44)51-36-35-49-34-32-45(2)66(69-65(49)42-51)52-24-16-25-53(40-52)68-63-31-15-14-28-58(63)60-43-59-50(41-64(60)68)37-38-55(46-18-6-3-7-19-46)56-26-12-13-27-57(56)59/h3-16,18-28,30-31,35-36,40-43,55H,17,29,32-34,37-39H2,1-2H3/b54-44+,61-30-,67-62+. The lowest BCUT2D eigenvalue weighted by molar-refractivity contribution is 0.726. The Labute approximate surface area is 411 Å². The third kappa shape index (κ3) is 8.34. The van der Waals surface area contributed by atoms with Gasteiger partial charge in [-0.1, -0.05) is 187 Å². The molecule has 0 radical (unpaired) electrons. The summed E-state index contributed by atoms with van der Waals surface area (Å²) in [5, 5.41) is 2.60. The number of aromatic nitrogens is 1. The lowest BCUT2D eigenvalue weighted by atomic mass is 9.86. The van der Waals surface area contributed by atoms with Crippen LogP contribution in [0.1, 0.15) is 103 Å². The Hall–Kier alpha value is -7.20. The molecule has 0 bridgehead atoms. The van der Waals surface area contributed by atoms with Gasteiger partial charge in [0.15, 0.2) is 0 Å². The summed E-state index contributed by atoms with van der Waals surface area (Å²) in [6, 6.07) is 72.5. The number of hydrogen-bond acceptors (Lipinski definition) is 2. The van der Waals surface area contributed by atoms with Crippen LogP contribution in [0, 0.1) is 0 Å². The maximum absolute atomic E-state index is 5.36. The molecule has 2 nitrogen and oxygen atoms in total. The number of allylic oxidation sites excluding steroid dienone is 4. The zero-order chi connectivity index (χ0) is 46.3. The fourth-order valence-corrected chi connectivity index (χ4v) is 12.6. The molecule has 3 heterocycles. The first-order valence-electron chi connectivity index (χ1n) is 24.9. The summed E-state index contributed by atoms with van der Waals surface area (Å²) < 4.78 is 2.53. The Bertz CT molecular complexity index is 3530. The predicted molar refractivity (Wildman–Crippen MR) is 294 cm³/mol. The van der Waals surface area contributed by atoms with Crippen molar-refractivity contribution in [2.45, 2.75) is 76.0 Å². The molecule has 0 saturated carbocycles. The van der Waals surface area contributed by atoms with Crippen molar-refractivity contribution >= 4 is 55.5 Å². The van der Waals surface area contributed by atoms with Crippen molar-refractivity contribution in [2.24, 2.45) is 4.99 Å². The number of aliphatic imine (C=N–C) groups is 1.